The van der Waals surface area contributed by atoms with Crippen molar-refractivity contribution in [1.82, 2.24) is 15.1 Å². The second-order valence-electron chi connectivity index (χ2n) is 10.4. The molecule has 0 saturated carbocycles. The number of anilines is 2. The van der Waals surface area contributed by atoms with Crippen molar-refractivity contribution in [3.8, 4) is 5.75 Å². The number of ether oxygens (including phenoxy) is 2. The van der Waals surface area contributed by atoms with Gasteiger partial charge in [-0.1, -0.05) is 30.3 Å². The van der Waals surface area contributed by atoms with Crippen molar-refractivity contribution >= 4 is 23.2 Å². The summed E-state index contributed by atoms with van der Waals surface area (Å²) in [6, 6.07) is 14.3. The van der Waals surface area contributed by atoms with E-state index in [1.165, 1.54) is 15.8 Å². The largest absolute Gasteiger partial charge is 0.489 e. The summed E-state index contributed by atoms with van der Waals surface area (Å²) in [5, 5.41) is 6.72. The molecule has 3 aromatic rings. The summed E-state index contributed by atoms with van der Waals surface area (Å²) in [6.45, 7) is 3.81. The Labute approximate surface area is 220 Å². The van der Waals surface area contributed by atoms with Crippen LogP contribution in [-0.2, 0) is 16.1 Å². The molecule has 0 radical (unpaired) electrons. The third-order valence-corrected chi connectivity index (χ3v) is 7.73. The minimum Gasteiger partial charge on any atom is -0.489 e. The summed E-state index contributed by atoms with van der Waals surface area (Å²) >= 11 is 0. The predicted molar refractivity (Wildman–Crippen MR) is 139 cm³/mol. The van der Waals surface area contributed by atoms with Crippen LogP contribution in [0.3, 0.4) is 0 Å². The van der Waals surface area contributed by atoms with Crippen LogP contribution < -0.4 is 19.9 Å². The van der Waals surface area contributed by atoms with Gasteiger partial charge in [0.05, 0.1) is 18.4 Å². The number of hydrogen-bond donors (Lipinski definition) is 1. The van der Waals surface area contributed by atoms with E-state index in [1.807, 2.05) is 48.5 Å². The summed E-state index contributed by atoms with van der Waals surface area (Å²) < 4.78 is 27.4. The van der Waals surface area contributed by atoms with Crippen LogP contribution >= 0.6 is 0 Å². The standard InChI is InChI=1S/C28H30FN5O4/c1-32-23-13-20(33-17-28(18-33)9-11-37-12-10-28)7-8-24(23)38-16-22(27(32)36)30-26(35)25-21(29)15-34(31-25)14-19-5-3-2-4-6-19/h2-8,13,15,22H,9-12,14,16-18H2,1H3,(H,30,35). The first-order valence-electron chi connectivity index (χ1n) is 12.9. The van der Waals surface area contributed by atoms with Gasteiger partial charge >= 0.3 is 0 Å². The molecule has 1 unspecified atom stereocenters. The molecule has 10 heteroatoms. The highest BCUT2D eigenvalue weighted by Gasteiger charge is 2.44. The molecule has 2 fully saturated rings. The lowest BCUT2D eigenvalue weighted by Gasteiger charge is -2.53. The maximum Gasteiger partial charge on any atom is 0.275 e. The second-order valence-corrected chi connectivity index (χ2v) is 10.4. The fourth-order valence-electron chi connectivity index (χ4n) is 5.48. The average Bonchev–Trinajstić information content (AvgIpc) is 3.24. The van der Waals surface area contributed by atoms with Crippen molar-refractivity contribution in [3.05, 3.63) is 71.8 Å². The van der Waals surface area contributed by atoms with Gasteiger partial charge in [0.15, 0.2) is 11.5 Å². The molecule has 2 saturated heterocycles. The van der Waals surface area contributed by atoms with Crippen LogP contribution in [0, 0.1) is 11.2 Å². The highest BCUT2D eigenvalue weighted by Crippen LogP contribution is 2.44. The summed E-state index contributed by atoms with van der Waals surface area (Å²) in [5.74, 6) is -1.30. The van der Waals surface area contributed by atoms with E-state index < -0.39 is 17.8 Å². The van der Waals surface area contributed by atoms with Crippen LogP contribution in [0.1, 0.15) is 28.9 Å². The Morgan fingerprint density at radius 2 is 1.92 bits per heavy atom. The van der Waals surface area contributed by atoms with Crippen molar-refractivity contribution in [2.75, 3.05) is 49.8 Å². The number of carbonyl (C=O) groups excluding carboxylic acids is 2. The first-order chi connectivity index (χ1) is 18.4. The van der Waals surface area contributed by atoms with Gasteiger partial charge in [0, 0.05) is 44.5 Å². The number of likely N-dealkylation sites (N-methyl/N-ethyl adjacent to an activating group) is 1. The number of benzene rings is 2. The molecule has 3 aliphatic heterocycles. The fourth-order valence-corrected chi connectivity index (χ4v) is 5.48. The normalized spacial score (nSPS) is 20.4. The van der Waals surface area contributed by atoms with Gasteiger partial charge in [0.25, 0.3) is 11.8 Å². The van der Waals surface area contributed by atoms with E-state index in [-0.39, 0.29) is 18.2 Å². The lowest BCUT2D eigenvalue weighted by atomic mass is 9.73. The second kappa shape index (κ2) is 9.75. The molecule has 0 bridgehead atoms. The number of nitrogens with one attached hydrogen (secondary N) is 1. The van der Waals surface area contributed by atoms with Crippen molar-refractivity contribution in [1.29, 1.82) is 0 Å². The third-order valence-electron chi connectivity index (χ3n) is 7.73. The maximum atomic E-state index is 14.6. The van der Waals surface area contributed by atoms with E-state index in [9.17, 15) is 14.0 Å². The number of amides is 2. The third kappa shape index (κ3) is 4.60. The molecule has 1 spiro atoms. The number of nitrogens with zero attached hydrogens (tertiary/aromatic N) is 4. The average molecular weight is 520 g/mol. The molecule has 9 nitrogen and oxygen atoms in total. The zero-order valence-corrected chi connectivity index (χ0v) is 21.2. The first-order valence-corrected chi connectivity index (χ1v) is 12.9. The maximum absolute atomic E-state index is 14.6. The van der Waals surface area contributed by atoms with Crippen LogP contribution in [0.4, 0.5) is 15.8 Å². The van der Waals surface area contributed by atoms with Crippen molar-refractivity contribution in [2.45, 2.75) is 25.4 Å². The molecule has 4 heterocycles. The van der Waals surface area contributed by atoms with Crippen LogP contribution in [0.15, 0.2) is 54.7 Å². The molecule has 3 aliphatic rings. The fraction of sp³-hybridized carbons (Fsp3) is 0.393. The molecule has 0 aliphatic carbocycles. The highest BCUT2D eigenvalue weighted by molar-refractivity contribution is 6.03. The predicted octanol–water partition coefficient (Wildman–Crippen LogP) is 2.84. The zero-order valence-electron chi connectivity index (χ0n) is 21.2. The Morgan fingerprint density at radius 3 is 2.68 bits per heavy atom. The molecular weight excluding hydrogens is 489 g/mol. The number of halogens is 1. The molecule has 6 rings (SSSR count). The summed E-state index contributed by atoms with van der Waals surface area (Å²) in [7, 11) is 1.66. The summed E-state index contributed by atoms with van der Waals surface area (Å²) in [6.07, 6.45) is 3.32. The molecule has 198 valence electrons. The minimum atomic E-state index is -0.989. The van der Waals surface area contributed by atoms with Crippen LogP contribution in [0.25, 0.3) is 0 Å². The topological polar surface area (TPSA) is 88.9 Å². The van der Waals surface area contributed by atoms with Gasteiger partial charge in [-0.3, -0.25) is 14.3 Å². The van der Waals surface area contributed by atoms with E-state index in [0.717, 1.165) is 50.4 Å². The lowest BCUT2D eigenvalue weighted by Crippen LogP contribution is -2.58. The number of fused-ring (bicyclic) bond motifs is 1. The summed E-state index contributed by atoms with van der Waals surface area (Å²) in [4.78, 5) is 30.0. The smallest absolute Gasteiger partial charge is 0.275 e. The molecule has 2 aromatic carbocycles. The lowest BCUT2D eigenvalue weighted by molar-refractivity contribution is -0.120. The van der Waals surface area contributed by atoms with Gasteiger partial charge in [0.2, 0.25) is 0 Å². The molecule has 2 amide bonds. The Morgan fingerprint density at radius 1 is 1.16 bits per heavy atom. The minimum absolute atomic E-state index is 0.0690. The quantitative estimate of drug-likeness (QED) is 0.558. The Hall–Kier alpha value is -3.92. The van der Waals surface area contributed by atoms with Crippen molar-refractivity contribution in [3.63, 3.8) is 0 Å². The van der Waals surface area contributed by atoms with Gasteiger partial charge in [-0.05, 0) is 36.6 Å². The SMILES string of the molecule is CN1C(=O)C(NC(=O)c2nn(Cc3ccccc3)cc2F)COc2ccc(N3CC4(CCOCC4)C3)cc21. The highest BCUT2D eigenvalue weighted by atomic mass is 19.1. The van der Waals surface area contributed by atoms with Gasteiger partial charge < -0.3 is 24.6 Å². The number of carbonyl (C=O) groups is 2. The van der Waals surface area contributed by atoms with Gasteiger partial charge in [-0.25, -0.2) is 4.39 Å². The first kappa shape index (κ1) is 24.4. The van der Waals surface area contributed by atoms with E-state index in [4.69, 9.17) is 9.47 Å². The number of rotatable bonds is 5. The zero-order chi connectivity index (χ0) is 26.3. The molecule has 1 N–H and O–H groups in total. The van der Waals surface area contributed by atoms with E-state index in [1.54, 1.807) is 7.05 Å². The Bertz CT molecular complexity index is 1350. The Kier molecular flexibility index (Phi) is 6.27. The van der Waals surface area contributed by atoms with Gasteiger partial charge in [-0.15, -0.1) is 0 Å². The van der Waals surface area contributed by atoms with E-state index in [0.29, 0.717) is 23.4 Å². The molecule has 1 aromatic heterocycles. The number of aromatic nitrogens is 2. The van der Waals surface area contributed by atoms with Crippen molar-refractivity contribution in [2.24, 2.45) is 5.41 Å². The van der Waals surface area contributed by atoms with Gasteiger partial charge in [0.1, 0.15) is 18.4 Å². The van der Waals surface area contributed by atoms with Gasteiger partial charge in [-0.2, -0.15) is 5.10 Å². The van der Waals surface area contributed by atoms with Crippen LogP contribution in [0.2, 0.25) is 0 Å². The van der Waals surface area contributed by atoms with Crippen molar-refractivity contribution < 1.29 is 23.5 Å². The van der Waals surface area contributed by atoms with E-state index in [2.05, 4.69) is 15.3 Å². The molecular formula is C28H30FN5O4. The monoisotopic (exact) mass is 519 g/mol. The summed E-state index contributed by atoms with van der Waals surface area (Å²) in [5.41, 5.74) is 2.55. The molecule has 1 atom stereocenters. The van der Waals surface area contributed by atoms with E-state index >= 15 is 0 Å². The van der Waals surface area contributed by atoms with Crippen LogP contribution in [0.5, 0.6) is 5.75 Å². The Balaban J connectivity index is 1.13. The molecule has 38 heavy (non-hydrogen) atoms. The number of hydrogen-bond acceptors (Lipinski definition) is 6. The van der Waals surface area contributed by atoms with Crippen LogP contribution in [-0.4, -0.2) is 67.6 Å².